The average Bonchev–Trinajstić information content (AvgIpc) is 2.43. The molecular formula is C16H30N2O2. The maximum Gasteiger partial charge on any atom is 0.220 e. The lowest BCUT2D eigenvalue weighted by atomic mass is 9.78. The zero-order chi connectivity index (χ0) is 14.4. The van der Waals surface area contributed by atoms with Crippen LogP contribution in [-0.2, 0) is 9.53 Å². The lowest BCUT2D eigenvalue weighted by Crippen LogP contribution is -2.39. The Morgan fingerprint density at radius 2 is 1.95 bits per heavy atom. The van der Waals surface area contributed by atoms with Crippen molar-refractivity contribution in [3.8, 4) is 0 Å². The maximum absolute atomic E-state index is 12.0. The largest absolute Gasteiger partial charge is 0.378 e. The summed E-state index contributed by atoms with van der Waals surface area (Å²) < 4.78 is 5.53. The Morgan fingerprint density at radius 3 is 2.60 bits per heavy atom. The van der Waals surface area contributed by atoms with Gasteiger partial charge in [0.2, 0.25) is 5.91 Å². The van der Waals surface area contributed by atoms with Crippen molar-refractivity contribution < 1.29 is 9.53 Å². The molecule has 0 radical (unpaired) electrons. The first-order valence-corrected chi connectivity index (χ1v) is 8.31. The molecule has 2 atom stereocenters. The van der Waals surface area contributed by atoms with Crippen LogP contribution in [0.2, 0.25) is 0 Å². The van der Waals surface area contributed by atoms with Crippen molar-refractivity contribution in [3.05, 3.63) is 0 Å². The fourth-order valence-electron chi connectivity index (χ4n) is 3.66. The molecule has 4 heteroatoms. The number of carbonyl (C=O) groups is 1. The van der Waals surface area contributed by atoms with Gasteiger partial charge >= 0.3 is 0 Å². The molecular weight excluding hydrogens is 252 g/mol. The van der Waals surface area contributed by atoms with Gasteiger partial charge in [-0.25, -0.2) is 0 Å². The molecule has 0 aromatic rings. The SMILES string of the molecule is CCOC1CC(CC(=O)NCC2CCCCC2CN)C1. The van der Waals surface area contributed by atoms with Crippen molar-refractivity contribution in [2.75, 3.05) is 19.7 Å². The molecule has 0 bridgehead atoms. The molecule has 0 heterocycles. The van der Waals surface area contributed by atoms with Gasteiger partial charge in [0.1, 0.15) is 0 Å². The van der Waals surface area contributed by atoms with E-state index in [2.05, 4.69) is 5.32 Å². The molecule has 20 heavy (non-hydrogen) atoms. The first-order chi connectivity index (χ1) is 9.72. The normalized spacial score (nSPS) is 33.5. The van der Waals surface area contributed by atoms with Gasteiger partial charge in [-0.05, 0) is 56.9 Å². The van der Waals surface area contributed by atoms with E-state index in [4.69, 9.17) is 10.5 Å². The summed E-state index contributed by atoms with van der Waals surface area (Å²) in [6, 6.07) is 0. The lowest BCUT2D eigenvalue weighted by Gasteiger charge is -2.35. The van der Waals surface area contributed by atoms with Gasteiger partial charge in [0.15, 0.2) is 0 Å². The Hall–Kier alpha value is -0.610. The quantitative estimate of drug-likeness (QED) is 0.751. The molecule has 0 spiro atoms. The summed E-state index contributed by atoms with van der Waals surface area (Å²) in [6.07, 6.45) is 8.21. The van der Waals surface area contributed by atoms with Crippen molar-refractivity contribution in [1.82, 2.24) is 5.32 Å². The van der Waals surface area contributed by atoms with Gasteiger partial charge in [-0.2, -0.15) is 0 Å². The van der Waals surface area contributed by atoms with Gasteiger partial charge < -0.3 is 15.8 Å². The van der Waals surface area contributed by atoms with Crippen molar-refractivity contribution in [2.24, 2.45) is 23.5 Å². The molecule has 116 valence electrons. The predicted octanol–water partition coefficient (Wildman–Crippen LogP) is 2.07. The summed E-state index contributed by atoms with van der Waals surface area (Å²) in [5.41, 5.74) is 5.83. The Morgan fingerprint density at radius 1 is 1.25 bits per heavy atom. The third-order valence-electron chi connectivity index (χ3n) is 5.00. The number of hydrogen-bond donors (Lipinski definition) is 2. The number of rotatable bonds is 7. The number of amides is 1. The van der Waals surface area contributed by atoms with E-state index in [0.717, 1.165) is 32.5 Å². The smallest absolute Gasteiger partial charge is 0.220 e. The Labute approximate surface area is 122 Å². The fourth-order valence-corrected chi connectivity index (χ4v) is 3.66. The van der Waals surface area contributed by atoms with Crippen LogP contribution < -0.4 is 11.1 Å². The zero-order valence-corrected chi connectivity index (χ0v) is 12.8. The summed E-state index contributed by atoms with van der Waals surface area (Å²) in [5, 5.41) is 3.13. The average molecular weight is 282 g/mol. The molecule has 3 N–H and O–H groups in total. The van der Waals surface area contributed by atoms with Crippen molar-refractivity contribution in [2.45, 2.75) is 58.0 Å². The minimum atomic E-state index is 0.214. The van der Waals surface area contributed by atoms with Crippen LogP contribution in [0.1, 0.15) is 51.9 Å². The zero-order valence-electron chi connectivity index (χ0n) is 12.8. The van der Waals surface area contributed by atoms with Crippen molar-refractivity contribution >= 4 is 5.91 Å². The lowest BCUT2D eigenvalue weighted by molar-refractivity contribution is -0.124. The highest BCUT2D eigenvalue weighted by molar-refractivity contribution is 5.76. The predicted molar refractivity (Wildman–Crippen MR) is 80.3 cm³/mol. The van der Waals surface area contributed by atoms with Crippen LogP contribution in [-0.4, -0.2) is 31.7 Å². The van der Waals surface area contributed by atoms with Gasteiger partial charge in [-0.15, -0.1) is 0 Å². The van der Waals surface area contributed by atoms with Crippen LogP contribution in [0.3, 0.4) is 0 Å². The third kappa shape index (κ3) is 4.45. The second kappa shape index (κ2) is 7.99. The van der Waals surface area contributed by atoms with E-state index < -0.39 is 0 Å². The van der Waals surface area contributed by atoms with Gasteiger partial charge in [0.25, 0.3) is 0 Å². The van der Waals surface area contributed by atoms with Gasteiger partial charge in [-0.1, -0.05) is 12.8 Å². The van der Waals surface area contributed by atoms with Gasteiger partial charge in [0.05, 0.1) is 6.10 Å². The van der Waals surface area contributed by atoms with E-state index >= 15 is 0 Å². The molecule has 2 aliphatic rings. The molecule has 0 aromatic heterocycles. The van der Waals surface area contributed by atoms with Crippen LogP contribution in [0.5, 0.6) is 0 Å². The molecule has 4 nitrogen and oxygen atoms in total. The second-order valence-corrected chi connectivity index (χ2v) is 6.46. The second-order valence-electron chi connectivity index (χ2n) is 6.46. The van der Waals surface area contributed by atoms with Crippen LogP contribution in [0, 0.1) is 17.8 Å². The first-order valence-electron chi connectivity index (χ1n) is 8.31. The number of carbonyl (C=O) groups excluding carboxylic acids is 1. The van der Waals surface area contributed by atoms with E-state index in [1.54, 1.807) is 0 Å². The van der Waals surface area contributed by atoms with E-state index in [1.807, 2.05) is 6.92 Å². The van der Waals surface area contributed by atoms with E-state index in [9.17, 15) is 4.79 Å². The summed E-state index contributed by atoms with van der Waals surface area (Å²) in [5.74, 6) is 1.94. The molecule has 0 aliphatic heterocycles. The minimum absolute atomic E-state index is 0.214. The Bertz CT molecular complexity index is 303. The van der Waals surface area contributed by atoms with E-state index in [1.165, 1.54) is 25.7 Å². The van der Waals surface area contributed by atoms with Gasteiger partial charge in [-0.3, -0.25) is 4.79 Å². The topological polar surface area (TPSA) is 64.3 Å². The summed E-state index contributed by atoms with van der Waals surface area (Å²) in [7, 11) is 0. The summed E-state index contributed by atoms with van der Waals surface area (Å²) >= 11 is 0. The summed E-state index contributed by atoms with van der Waals surface area (Å²) in [6.45, 7) is 4.39. The number of nitrogens with two attached hydrogens (primary N) is 1. The van der Waals surface area contributed by atoms with Crippen LogP contribution in [0.25, 0.3) is 0 Å². The molecule has 0 aromatic carbocycles. The van der Waals surface area contributed by atoms with Crippen LogP contribution in [0.4, 0.5) is 0 Å². The monoisotopic (exact) mass is 282 g/mol. The van der Waals surface area contributed by atoms with Crippen molar-refractivity contribution in [1.29, 1.82) is 0 Å². The van der Waals surface area contributed by atoms with E-state index in [-0.39, 0.29) is 5.91 Å². The summed E-state index contributed by atoms with van der Waals surface area (Å²) in [4.78, 5) is 12.0. The van der Waals surface area contributed by atoms with Crippen LogP contribution >= 0.6 is 0 Å². The molecule has 2 fully saturated rings. The number of hydrogen-bond acceptors (Lipinski definition) is 3. The highest BCUT2D eigenvalue weighted by Gasteiger charge is 2.31. The molecule has 2 saturated carbocycles. The number of ether oxygens (including phenoxy) is 1. The maximum atomic E-state index is 12.0. The number of nitrogens with one attached hydrogen (secondary N) is 1. The van der Waals surface area contributed by atoms with Gasteiger partial charge in [0, 0.05) is 19.6 Å². The highest BCUT2D eigenvalue weighted by Crippen LogP contribution is 2.33. The first kappa shape index (κ1) is 15.8. The molecule has 2 unspecified atom stereocenters. The highest BCUT2D eigenvalue weighted by atomic mass is 16.5. The molecule has 1 amide bonds. The Balaban J connectivity index is 1.60. The Kier molecular flexibility index (Phi) is 6.30. The third-order valence-corrected chi connectivity index (χ3v) is 5.00. The molecule has 2 aliphatic carbocycles. The fraction of sp³-hybridized carbons (Fsp3) is 0.938. The molecule has 0 saturated heterocycles. The standard InChI is InChI=1S/C16H30N2O2/c1-2-20-15-7-12(8-15)9-16(19)18-11-14-6-4-3-5-13(14)10-17/h12-15H,2-11,17H2,1H3,(H,18,19). The molecule has 2 rings (SSSR count). The van der Waals surface area contributed by atoms with Crippen LogP contribution in [0.15, 0.2) is 0 Å². The van der Waals surface area contributed by atoms with Crippen molar-refractivity contribution in [3.63, 3.8) is 0 Å². The van der Waals surface area contributed by atoms with E-state index in [0.29, 0.717) is 30.3 Å². The minimum Gasteiger partial charge on any atom is -0.378 e.